The average Bonchev–Trinajstić information content (AvgIpc) is 2.59. The lowest BCUT2D eigenvalue weighted by atomic mass is 10.2. The highest BCUT2D eigenvalue weighted by Crippen LogP contribution is 2.25. The van der Waals surface area contributed by atoms with Gasteiger partial charge in [-0.1, -0.05) is 0 Å². The first-order valence-electron chi connectivity index (χ1n) is 4.45. The lowest BCUT2D eigenvalue weighted by Crippen LogP contribution is -2.22. The molecule has 1 amide bonds. The third kappa shape index (κ3) is 2.29. The molecule has 0 fully saturated rings. The Kier molecular flexibility index (Phi) is 2.92. The van der Waals surface area contributed by atoms with Gasteiger partial charge in [-0.15, -0.1) is 11.3 Å². The van der Waals surface area contributed by atoms with E-state index in [0.717, 1.165) is 23.5 Å². The number of halogens is 2. The van der Waals surface area contributed by atoms with Crippen molar-refractivity contribution < 1.29 is 13.6 Å². The predicted octanol–water partition coefficient (Wildman–Crippen LogP) is 0.992. The quantitative estimate of drug-likeness (QED) is 0.801. The minimum absolute atomic E-state index is 0.258. The van der Waals surface area contributed by atoms with Crippen molar-refractivity contribution in [2.45, 2.75) is 19.4 Å². The summed E-state index contributed by atoms with van der Waals surface area (Å²) in [5, 5.41) is 5.49. The summed E-state index contributed by atoms with van der Waals surface area (Å²) in [7, 11) is 0. The van der Waals surface area contributed by atoms with Gasteiger partial charge in [0.05, 0.1) is 5.69 Å². The van der Waals surface area contributed by atoms with Crippen LogP contribution in [0.2, 0.25) is 0 Å². The van der Waals surface area contributed by atoms with Crippen molar-refractivity contribution in [2.24, 2.45) is 0 Å². The molecule has 0 aliphatic carbocycles. The van der Waals surface area contributed by atoms with Crippen molar-refractivity contribution in [3.05, 3.63) is 10.6 Å². The normalized spacial score (nSPS) is 15.1. The lowest BCUT2D eigenvalue weighted by Gasteiger charge is -2.09. The second kappa shape index (κ2) is 4.19. The van der Waals surface area contributed by atoms with Crippen molar-refractivity contribution in [3.63, 3.8) is 0 Å². The molecule has 2 rings (SSSR count). The lowest BCUT2D eigenvalue weighted by molar-refractivity contribution is -0.126. The number of rotatable bonds is 2. The molecule has 15 heavy (non-hydrogen) atoms. The molecule has 0 aromatic carbocycles. The molecule has 0 radical (unpaired) electrons. The number of hydrogen-bond donors (Lipinski definition) is 2. The molecule has 2 heterocycles. The number of hydrogen-bond acceptors (Lipinski definition) is 4. The van der Waals surface area contributed by atoms with E-state index in [1.165, 1.54) is 11.3 Å². The Morgan fingerprint density at radius 2 is 2.40 bits per heavy atom. The predicted molar refractivity (Wildman–Crippen MR) is 52.2 cm³/mol. The number of thiazole rings is 1. The van der Waals surface area contributed by atoms with Crippen molar-refractivity contribution in [1.29, 1.82) is 0 Å². The number of nitrogens with one attached hydrogen (secondary N) is 2. The Balaban J connectivity index is 2.09. The van der Waals surface area contributed by atoms with Crippen LogP contribution in [0.25, 0.3) is 0 Å². The molecule has 7 heteroatoms. The number of carbonyl (C=O) groups excluding carboxylic acids is 1. The number of nitrogens with zero attached hydrogens (tertiary/aromatic N) is 1. The first-order valence-corrected chi connectivity index (χ1v) is 5.27. The Labute approximate surface area is 88.7 Å². The van der Waals surface area contributed by atoms with Gasteiger partial charge in [0.15, 0.2) is 5.13 Å². The molecule has 2 N–H and O–H groups in total. The average molecular weight is 233 g/mol. The van der Waals surface area contributed by atoms with Crippen LogP contribution < -0.4 is 10.6 Å². The number of alkyl halides is 2. The summed E-state index contributed by atoms with van der Waals surface area (Å²) in [6.07, 6.45) is -2.22. The zero-order chi connectivity index (χ0) is 10.8. The Bertz CT molecular complexity index is 356. The van der Waals surface area contributed by atoms with Crippen LogP contribution in [0, 0.1) is 0 Å². The zero-order valence-electron chi connectivity index (χ0n) is 7.72. The number of amides is 1. The molecule has 0 saturated heterocycles. The van der Waals surface area contributed by atoms with Crippen molar-refractivity contribution in [1.82, 2.24) is 10.3 Å². The van der Waals surface area contributed by atoms with Crippen LogP contribution in [0.3, 0.4) is 0 Å². The fourth-order valence-electron chi connectivity index (χ4n) is 1.34. The molecule has 0 saturated carbocycles. The van der Waals surface area contributed by atoms with Crippen LogP contribution in [0.15, 0.2) is 0 Å². The highest BCUT2D eigenvalue weighted by Gasteiger charge is 2.19. The summed E-state index contributed by atoms with van der Waals surface area (Å²) < 4.78 is 23.9. The van der Waals surface area contributed by atoms with E-state index in [-0.39, 0.29) is 5.13 Å². The van der Waals surface area contributed by atoms with Gasteiger partial charge in [-0.25, -0.2) is 4.98 Å². The summed E-state index contributed by atoms with van der Waals surface area (Å²) in [6.45, 7) is 1.52. The maximum atomic E-state index is 11.9. The Morgan fingerprint density at radius 1 is 1.60 bits per heavy atom. The Hall–Kier alpha value is -1.08. The zero-order valence-corrected chi connectivity index (χ0v) is 8.53. The van der Waals surface area contributed by atoms with Gasteiger partial charge >= 0.3 is 6.43 Å². The number of aromatic nitrogens is 1. The van der Waals surface area contributed by atoms with E-state index < -0.39 is 12.3 Å². The first-order chi connectivity index (χ1) is 7.16. The van der Waals surface area contributed by atoms with Gasteiger partial charge < -0.3 is 5.32 Å². The highest BCUT2D eigenvalue weighted by molar-refractivity contribution is 7.15. The SMILES string of the molecule is O=C(Nc1nc2c(s1)CNCC2)C(F)F. The van der Waals surface area contributed by atoms with E-state index >= 15 is 0 Å². The maximum Gasteiger partial charge on any atom is 0.315 e. The van der Waals surface area contributed by atoms with Crippen molar-refractivity contribution >= 4 is 22.4 Å². The second-order valence-corrected chi connectivity index (χ2v) is 4.19. The summed E-state index contributed by atoms with van der Waals surface area (Å²) in [5.41, 5.74) is 0.892. The minimum atomic E-state index is -3.00. The minimum Gasteiger partial charge on any atom is -0.311 e. The van der Waals surface area contributed by atoms with E-state index in [4.69, 9.17) is 0 Å². The molecule has 82 valence electrons. The van der Waals surface area contributed by atoms with Crippen LogP contribution in [0.5, 0.6) is 0 Å². The summed E-state index contributed by atoms with van der Waals surface area (Å²) in [6, 6.07) is 0. The van der Waals surface area contributed by atoms with Crippen LogP contribution in [0.1, 0.15) is 10.6 Å². The second-order valence-electron chi connectivity index (χ2n) is 3.11. The van der Waals surface area contributed by atoms with E-state index in [9.17, 15) is 13.6 Å². The fourth-order valence-corrected chi connectivity index (χ4v) is 2.32. The summed E-state index contributed by atoms with van der Waals surface area (Å²) in [4.78, 5) is 15.8. The molecule has 1 aliphatic heterocycles. The van der Waals surface area contributed by atoms with Gasteiger partial charge in [-0.2, -0.15) is 8.78 Å². The number of fused-ring (bicyclic) bond motifs is 1. The topological polar surface area (TPSA) is 54.0 Å². The first kappa shape index (κ1) is 10.4. The molecular weight excluding hydrogens is 224 g/mol. The van der Waals surface area contributed by atoms with E-state index in [0.29, 0.717) is 6.54 Å². The summed E-state index contributed by atoms with van der Waals surface area (Å²) >= 11 is 1.24. The van der Waals surface area contributed by atoms with E-state index in [1.807, 2.05) is 0 Å². The summed E-state index contributed by atoms with van der Waals surface area (Å²) in [5.74, 6) is -1.30. The highest BCUT2D eigenvalue weighted by atomic mass is 32.1. The molecule has 0 atom stereocenters. The smallest absolute Gasteiger partial charge is 0.311 e. The van der Waals surface area contributed by atoms with Crippen LogP contribution in [-0.4, -0.2) is 23.9 Å². The maximum absolute atomic E-state index is 11.9. The van der Waals surface area contributed by atoms with Crippen molar-refractivity contribution in [2.75, 3.05) is 11.9 Å². The fraction of sp³-hybridized carbons (Fsp3) is 0.500. The largest absolute Gasteiger partial charge is 0.315 e. The number of anilines is 1. The molecule has 1 aromatic rings. The van der Waals surface area contributed by atoms with Crippen LogP contribution in [-0.2, 0) is 17.8 Å². The molecule has 1 aromatic heterocycles. The van der Waals surface area contributed by atoms with E-state index in [2.05, 4.69) is 15.6 Å². The molecule has 4 nitrogen and oxygen atoms in total. The van der Waals surface area contributed by atoms with Gasteiger partial charge in [0.2, 0.25) is 0 Å². The molecule has 0 spiro atoms. The van der Waals surface area contributed by atoms with Gasteiger partial charge in [0.1, 0.15) is 0 Å². The Morgan fingerprint density at radius 3 is 3.07 bits per heavy atom. The monoisotopic (exact) mass is 233 g/mol. The van der Waals surface area contributed by atoms with Gasteiger partial charge in [0, 0.05) is 24.4 Å². The third-order valence-corrected chi connectivity index (χ3v) is 3.04. The van der Waals surface area contributed by atoms with Gasteiger partial charge in [-0.05, 0) is 0 Å². The standard InChI is InChI=1S/C8H9F2N3OS/c9-6(10)7(14)13-8-12-4-1-2-11-3-5(4)15-8/h6,11H,1-3H2,(H,12,13,14). The van der Waals surface area contributed by atoms with Crippen molar-refractivity contribution in [3.8, 4) is 0 Å². The van der Waals surface area contributed by atoms with Gasteiger partial charge in [0.25, 0.3) is 5.91 Å². The van der Waals surface area contributed by atoms with E-state index in [1.54, 1.807) is 0 Å². The van der Waals surface area contributed by atoms with Crippen LogP contribution in [0.4, 0.5) is 13.9 Å². The molecule has 0 unspecified atom stereocenters. The number of carbonyl (C=O) groups is 1. The third-order valence-electron chi connectivity index (χ3n) is 2.03. The van der Waals surface area contributed by atoms with Gasteiger partial charge in [-0.3, -0.25) is 10.1 Å². The molecular formula is C8H9F2N3OS. The van der Waals surface area contributed by atoms with Crippen LogP contribution >= 0.6 is 11.3 Å². The molecule has 0 bridgehead atoms. The molecule has 1 aliphatic rings.